The number of nitrogens with zero attached hydrogens (tertiary/aromatic N) is 4. The summed E-state index contributed by atoms with van der Waals surface area (Å²) < 4.78 is 1.40. The summed E-state index contributed by atoms with van der Waals surface area (Å²) in [6.07, 6.45) is 0.785. The fourth-order valence-electron chi connectivity index (χ4n) is 2.38. The largest absolute Gasteiger partial charge is 0.479 e. The summed E-state index contributed by atoms with van der Waals surface area (Å²) in [6.45, 7) is 5.51. The molecular weight excluding hydrogens is 292 g/mol. The molecule has 0 amide bonds. The molecule has 2 aromatic rings. The highest BCUT2D eigenvalue weighted by molar-refractivity contribution is 6.31. The van der Waals surface area contributed by atoms with Crippen LogP contribution in [0, 0.1) is 6.92 Å². The lowest BCUT2D eigenvalue weighted by Gasteiger charge is -2.27. The number of carbonyl (C=O) groups is 1. The summed E-state index contributed by atoms with van der Waals surface area (Å²) in [5, 5.41) is 21.9. The van der Waals surface area contributed by atoms with Crippen LogP contribution in [0.2, 0.25) is 5.02 Å². The Morgan fingerprint density at radius 3 is 2.57 bits per heavy atom. The van der Waals surface area contributed by atoms with Gasteiger partial charge in [-0.1, -0.05) is 25.4 Å². The molecule has 0 aliphatic rings. The molecule has 0 radical (unpaired) electrons. The van der Waals surface area contributed by atoms with Gasteiger partial charge in [0.05, 0.1) is 0 Å². The number of aryl methyl sites for hydroxylation is 1. The predicted octanol–water partition coefficient (Wildman–Crippen LogP) is 2.90. The number of hydrogen-bond acceptors (Lipinski definition) is 4. The molecule has 0 spiro atoms. The van der Waals surface area contributed by atoms with Gasteiger partial charge in [-0.15, -0.1) is 5.10 Å². The summed E-state index contributed by atoms with van der Waals surface area (Å²) in [6, 6.07) is 5.39. The average molecular weight is 309 g/mol. The smallest absolute Gasteiger partial charge is 0.331 e. The molecule has 0 fully saturated rings. The van der Waals surface area contributed by atoms with Crippen LogP contribution in [0.25, 0.3) is 11.4 Å². The molecule has 1 aromatic carbocycles. The Morgan fingerprint density at radius 1 is 1.38 bits per heavy atom. The van der Waals surface area contributed by atoms with Gasteiger partial charge in [0, 0.05) is 10.6 Å². The number of carboxylic acids is 1. The standard InChI is InChI=1S/C14H17ClN4O2/c1-4-14(5-2,13(20)21)19-12(16-17-18-19)10-6-7-11(15)9(3)8-10/h6-8H,4-5H2,1-3H3,(H,20,21). The zero-order chi connectivity index (χ0) is 15.6. The second-order valence-corrected chi connectivity index (χ2v) is 5.33. The number of carboxylic acid groups (broad SMARTS) is 1. The molecule has 0 aliphatic heterocycles. The number of aromatic nitrogens is 4. The first kappa shape index (κ1) is 15.4. The molecule has 0 saturated carbocycles. The lowest BCUT2D eigenvalue weighted by atomic mass is 9.92. The third kappa shape index (κ3) is 2.51. The molecule has 0 aliphatic carbocycles. The topological polar surface area (TPSA) is 80.9 Å². The van der Waals surface area contributed by atoms with Crippen molar-refractivity contribution in [1.29, 1.82) is 0 Å². The second kappa shape index (κ2) is 5.81. The van der Waals surface area contributed by atoms with E-state index in [4.69, 9.17) is 11.6 Å². The van der Waals surface area contributed by atoms with E-state index in [1.165, 1.54) is 4.68 Å². The third-order valence-electron chi connectivity index (χ3n) is 3.86. The van der Waals surface area contributed by atoms with Crippen molar-refractivity contribution in [2.45, 2.75) is 39.2 Å². The van der Waals surface area contributed by atoms with E-state index >= 15 is 0 Å². The summed E-state index contributed by atoms with van der Waals surface area (Å²) in [5.74, 6) is -0.507. The molecule has 0 bridgehead atoms. The van der Waals surface area contributed by atoms with Crippen molar-refractivity contribution < 1.29 is 9.90 Å². The molecule has 0 saturated heterocycles. The fraction of sp³-hybridized carbons (Fsp3) is 0.429. The summed E-state index contributed by atoms with van der Waals surface area (Å²) in [5.41, 5.74) is 0.485. The third-order valence-corrected chi connectivity index (χ3v) is 4.28. The molecule has 1 N–H and O–H groups in total. The van der Waals surface area contributed by atoms with Crippen molar-refractivity contribution in [3.8, 4) is 11.4 Å². The van der Waals surface area contributed by atoms with Crippen molar-refractivity contribution in [2.75, 3.05) is 0 Å². The first-order valence-electron chi connectivity index (χ1n) is 6.75. The molecule has 1 aromatic heterocycles. The van der Waals surface area contributed by atoms with Crippen molar-refractivity contribution in [3.63, 3.8) is 0 Å². The van der Waals surface area contributed by atoms with Gasteiger partial charge >= 0.3 is 5.97 Å². The lowest BCUT2D eigenvalue weighted by molar-refractivity contribution is -0.148. The zero-order valence-electron chi connectivity index (χ0n) is 12.2. The van der Waals surface area contributed by atoms with Crippen LogP contribution in [0.3, 0.4) is 0 Å². The van der Waals surface area contributed by atoms with E-state index < -0.39 is 11.5 Å². The van der Waals surface area contributed by atoms with Crippen molar-refractivity contribution in [1.82, 2.24) is 20.2 Å². The Balaban J connectivity index is 2.61. The number of tetrazole rings is 1. The Morgan fingerprint density at radius 2 is 2.05 bits per heavy atom. The van der Waals surface area contributed by atoms with Crippen LogP contribution in [0.15, 0.2) is 18.2 Å². The van der Waals surface area contributed by atoms with Gasteiger partial charge in [-0.25, -0.2) is 9.48 Å². The summed E-state index contributed by atoms with van der Waals surface area (Å²) in [4.78, 5) is 11.7. The van der Waals surface area contributed by atoms with E-state index in [0.29, 0.717) is 23.7 Å². The van der Waals surface area contributed by atoms with Gasteiger partial charge < -0.3 is 5.11 Å². The van der Waals surface area contributed by atoms with Gasteiger partial charge in [-0.2, -0.15) is 0 Å². The van der Waals surface area contributed by atoms with Crippen LogP contribution in [0.4, 0.5) is 0 Å². The van der Waals surface area contributed by atoms with Gasteiger partial charge in [-0.3, -0.25) is 0 Å². The van der Waals surface area contributed by atoms with E-state index in [2.05, 4.69) is 15.5 Å². The lowest BCUT2D eigenvalue weighted by Crippen LogP contribution is -2.42. The Labute approximate surface area is 127 Å². The maximum atomic E-state index is 11.7. The number of aliphatic carboxylic acids is 1. The number of rotatable bonds is 5. The average Bonchev–Trinajstić information content (AvgIpc) is 2.93. The van der Waals surface area contributed by atoms with Crippen LogP contribution in [0.5, 0.6) is 0 Å². The maximum absolute atomic E-state index is 11.7. The predicted molar refractivity (Wildman–Crippen MR) is 79.2 cm³/mol. The molecule has 112 valence electrons. The molecule has 7 heteroatoms. The van der Waals surface area contributed by atoms with E-state index in [0.717, 1.165) is 11.1 Å². The van der Waals surface area contributed by atoms with E-state index in [9.17, 15) is 9.90 Å². The Bertz CT molecular complexity index is 665. The molecule has 0 unspecified atom stereocenters. The second-order valence-electron chi connectivity index (χ2n) is 4.92. The van der Waals surface area contributed by atoms with Gasteiger partial charge in [0.25, 0.3) is 0 Å². The number of halogens is 1. The molecular formula is C14H17ClN4O2. The molecule has 1 heterocycles. The van der Waals surface area contributed by atoms with Crippen LogP contribution in [-0.2, 0) is 10.3 Å². The monoisotopic (exact) mass is 308 g/mol. The van der Waals surface area contributed by atoms with E-state index in [1.54, 1.807) is 12.1 Å². The highest BCUT2D eigenvalue weighted by Gasteiger charge is 2.40. The molecule has 0 atom stereocenters. The van der Waals surface area contributed by atoms with Crippen LogP contribution in [0.1, 0.15) is 32.3 Å². The SMILES string of the molecule is CCC(CC)(C(=O)O)n1nnnc1-c1ccc(Cl)c(C)c1. The minimum atomic E-state index is -1.15. The Kier molecular flexibility index (Phi) is 4.27. The first-order valence-corrected chi connectivity index (χ1v) is 7.12. The fourth-order valence-corrected chi connectivity index (χ4v) is 2.50. The minimum Gasteiger partial charge on any atom is -0.479 e. The van der Waals surface area contributed by atoms with Crippen molar-refractivity contribution >= 4 is 17.6 Å². The first-order chi connectivity index (χ1) is 9.96. The zero-order valence-corrected chi connectivity index (χ0v) is 12.9. The summed E-state index contributed by atoms with van der Waals surface area (Å²) >= 11 is 6.02. The highest BCUT2D eigenvalue weighted by atomic mass is 35.5. The number of hydrogen-bond donors (Lipinski definition) is 1. The van der Waals surface area contributed by atoms with Crippen molar-refractivity contribution in [3.05, 3.63) is 28.8 Å². The van der Waals surface area contributed by atoms with Crippen molar-refractivity contribution in [2.24, 2.45) is 0 Å². The molecule has 6 nitrogen and oxygen atoms in total. The van der Waals surface area contributed by atoms with Gasteiger partial charge in [-0.05, 0) is 54.0 Å². The highest BCUT2D eigenvalue weighted by Crippen LogP contribution is 2.30. The minimum absolute atomic E-state index is 0.392. The molecule has 2 rings (SSSR count). The van der Waals surface area contributed by atoms with E-state index in [1.807, 2.05) is 26.8 Å². The van der Waals surface area contributed by atoms with E-state index in [-0.39, 0.29) is 0 Å². The van der Waals surface area contributed by atoms with Gasteiger partial charge in [0.15, 0.2) is 11.4 Å². The Hall–Kier alpha value is -1.95. The summed E-state index contributed by atoms with van der Waals surface area (Å²) in [7, 11) is 0. The van der Waals surface area contributed by atoms with Crippen LogP contribution in [-0.4, -0.2) is 31.3 Å². The van der Waals surface area contributed by atoms with Crippen LogP contribution >= 0.6 is 11.6 Å². The van der Waals surface area contributed by atoms with Crippen LogP contribution < -0.4 is 0 Å². The number of benzene rings is 1. The maximum Gasteiger partial charge on any atom is 0.331 e. The van der Waals surface area contributed by atoms with Gasteiger partial charge in [0.2, 0.25) is 0 Å². The van der Waals surface area contributed by atoms with Gasteiger partial charge in [0.1, 0.15) is 0 Å². The molecule has 21 heavy (non-hydrogen) atoms. The quantitative estimate of drug-likeness (QED) is 0.918. The normalized spacial score (nSPS) is 11.6.